The molecular formula is C13H17N5. The first kappa shape index (κ1) is 12.2. The molecule has 0 spiro atoms. The van der Waals surface area contributed by atoms with Gasteiger partial charge in [0.2, 0.25) is 0 Å². The lowest BCUT2D eigenvalue weighted by Gasteiger charge is -2.17. The van der Waals surface area contributed by atoms with Gasteiger partial charge in [-0.25, -0.2) is 9.97 Å². The monoisotopic (exact) mass is 243 g/mol. The number of aromatic nitrogens is 2. The predicted octanol–water partition coefficient (Wildman–Crippen LogP) is 2.18. The molecule has 0 unspecified atom stereocenters. The minimum atomic E-state index is 0.451. The van der Waals surface area contributed by atoms with Crippen molar-refractivity contribution < 1.29 is 0 Å². The Hall–Kier alpha value is -2.30. The van der Waals surface area contributed by atoms with Crippen molar-refractivity contribution in [3.63, 3.8) is 0 Å². The van der Waals surface area contributed by atoms with Crippen LogP contribution in [0.15, 0.2) is 30.6 Å². The van der Waals surface area contributed by atoms with E-state index < -0.39 is 0 Å². The lowest BCUT2D eigenvalue weighted by Crippen LogP contribution is -2.10. The summed E-state index contributed by atoms with van der Waals surface area (Å²) in [5.41, 5.74) is 8.99. The molecule has 0 aliphatic heterocycles. The average molecular weight is 243 g/mol. The Kier molecular flexibility index (Phi) is 3.32. The Morgan fingerprint density at radius 3 is 2.61 bits per heavy atom. The number of nitrogens with zero attached hydrogens (tertiary/aromatic N) is 3. The molecule has 0 saturated heterocycles. The predicted molar refractivity (Wildman–Crippen MR) is 75.2 cm³/mol. The van der Waals surface area contributed by atoms with Gasteiger partial charge in [0.15, 0.2) is 0 Å². The van der Waals surface area contributed by atoms with Crippen LogP contribution in [-0.2, 0) is 0 Å². The molecule has 2 rings (SSSR count). The van der Waals surface area contributed by atoms with Crippen molar-refractivity contribution >= 4 is 23.0 Å². The van der Waals surface area contributed by atoms with Gasteiger partial charge in [-0.15, -0.1) is 0 Å². The number of nitrogens with two attached hydrogens (primary N) is 1. The Balaban J connectivity index is 2.27. The Bertz CT molecular complexity index is 551. The van der Waals surface area contributed by atoms with E-state index in [1.807, 2.05) is 20.2 Å². The molecule has 0 amide bonds. The van der Waals surface area contributed by atoms with Crippen molar-refractivity contribution in [2.45, 2.75) is 6.92 Å². The van der Waals surface area contributed by atoms with E-state index in [1.165, 1.54) is 17.6 Å². The van der Waals surface area contributed by atoms with E-state index in [4.69, 9.17) is 5.73 Å². The zero-order chi connectivity index (χ0) is 13.1. The topological polar surface area (TPSA) is 67.1 Å². The summed E-state index contributed by atoms with van der Waals surface area (Å²) in [4.78, 5) is 10.1. The zero-order valence-corrected chi connectivity index (χ0v) is 10.8. The molecular weight excluding hydrogens is 226 g/mol. The maximum Gasteiger partial charge on any atom is 0.135 e. The van der Waals surface area contributed by atoms with Gasteiger partial charge in [0.25, 0.3) is 0 Å². The fourth-order valence-electron chi connectivity index (χ4n) is 1.76. The number of nitrogen functional groups attached to an aromatic ring is 1. The summed E-state index contributed by atoms with van der Waals surface area (Å²) in [5.74, 6) is 1.14. The first-order valence-corrected chi connectivity index (χ1v) is 5.69. The van der Waals surface area contributed by atoms with Gasteiger partial charge in [-0.2, -0.15) is 0 Å². The first-order chi connectivity index (χ1) is 8.56. The maximum atomic E-state index is 5.62. The minimum absolute atomic E-state index is 0.451. The number of anilines is 4. The third-order valence-corrected chi connectivity index (χ3v) is 2.65. The van der Waals surface area contributed by atoms with E-state index in [-0.39, 0.29) is 0 Å². The van der Waals surface area contributed by atoms with Gasteiger partial charge in [0.05, 0.1) is 0 Å². The van der Waals surface area contributed by atoms with Gasteiger partial charge in [-0.3, -0.25) is 0 Å². The molecule has 0 bridgehead atoms. The molecule has 0 radical (unpaired) electrons. The standard InChI is InChI=1S/C13H17N5/c1-9-4-5-10(6-11(9)18(2)3)17-13-7-12(14)15-8-16-13/h4-8H,1-3H3,(H3,14,15,16,17). The van der Waals surface area contributed by atoms with Crippen LogP contribution < -0.4 is 16.0 Å². The Labute approximate surface area is 107 Å². The first-order valence-electron chi connectivity index (χ1n) is 5.69. The number of hydrogen-bond acceptors (Lipinski definition) is 5. The number of nitrogens with one attached hydrogen (secondary N) is 1. The fraction of sp³-hybridized carbons (Fsp3) is 0.231. The highest BCUT2D eigenvalue weighted by molar-refractivity contribution is 5.66. The molecule has 3 N–H and O–H groups in total. The highest BCUT2D eigenvalue weighted by atomic mass is 15.1. The van der Waals surface area contributed by atoms with Crippen LogP contribution in [0, 0.1) is 6.92 Å². The van der Waals surface area contributed by atoms with Crippen LogP contribution in [0.5, 0.6) is 0 Å². The second kappa shape index (κ2) is 4.91. The quantitative estimate of drug-likeness (QED) is 0.864. The third kappa shape index (κ3) is 2.68. The molecule has 1 heterocycles. The molecule has 1 aromatic carbocycles. The van der Waals surface area contributed by atoms with Crippen molar-refractivity contribution in [3.8, 4) is 0 Å². The van der Waals surface area contributed by atoms with Gasteiger partial charge in [-0.05, 0) is 24.6 Å². The van der Waals surface area contributed by atoms with Gasteiger partial charge in [0, 0.05) is 31.5 Å². The van der Waals surface area contributed by atoms with Crippen molar-refractivity contribution in [2.75, 3.05) is 30.0 Å². The summed E-state index contributed by atoms with van der Waals surface area (Å²) in [6.45, 7) is 2.09. The van der Waals surface area contributed by atoms with E-state index >= 15 is 0 Å². The minimum Gasteiger partial charge on any atom is -0.384 e. The van der Waals surface area contributed by atoms with E-state index in [0.717, 1.165) is 5.69 Å². The van der Waals surface area contributed by atoms with Gasteiger partial charge < -0.3 is 16.0 Å². The molecule has 5 nitrogen and oxygen atoms in total. The number of rotatable bonds is 3. The largest absolute Gasteiger partial charge is 0.384 e. The molecule has 0 aliphatic rings. The average Bonchev–Trinajstić information content (AvgIpc) is 2.31. The SMILES string of the molecule is Cc1ccc(Nc2cc(N)ncn2)cc1N(C)C. The van der Waals surface area contributed by atoms with Crippen molar-refractivity contribution in [2.24, 2.45) is 0 Å². The molecule has 94 valence electrons. The normalized spacial score (nSPS) is 10.2. The van der Waals surface area contributed by atoms with Crippen LogP contribution in [0.2, 0.25) is 0 Å². The van der Waals surface area contributed by atoms with Crippen molar-refractivity contribution in [3.05, 3.63) is 36.2 Å². The van der Waals surface area contributed by atoms with Gasteiger partial charge >= 0.3 is 0 Å². The summed E-state index contributed by atoms with van der Waals surface area (Å²) in [6.07, 6.45) is 1.44. The summed E-state index contributed by atoms with van der Waals surface area (Å²) < 4.78 is 0. The van der Waals surface area contributed by atoms with Crippen LogP contribution in [0.25, 0.3) is 0 Å². The van der Waals surface area contributed by atoms with Crippen LogP contribution in [0.1, 0.15) is 5.56 Å². The zero-order valence-electron chi connectivity index (χ0n) is 10.8. The van der Waals surface area contributed by atoms with E-state index in [0.29, 0.717) is 11.6 Å². The van der Waals surface area contributed by atoms with Gasteiger partial charge in [-0.1, -0.05) is 6.07 Å². The van der Waals surface area contributed by atoms with E-state index in [2.05, 4.69) is 39.2 Å². The molecule has 5 heteroatoms. The number of benzene rings is 1. The molecule has 1 aromatic heterocycles. The second-order valence-corrected chi connectivity index (χ2v) is 4.35. The summed E-state index contributed by atoms with van der Waals surface area (Å²) >= 11 is 0. The summed E-state index contributed by atoms with van der Waals surface area (Å²) in [6, 6.07) is 7.87. The molecule has 2 aromatic rings. The molecule has 0 atom stereocenters. The molecule has 0 saturated carbocycles. The van der Waals surface area contributed by atoms with Crippen LogP contribution in [-0.4, -0.2) is 24.1 Å². The van der Waals surface area contributed by atoms with Gasteiger partial charge in [0.1, 0.15) is 18.0 Å². The lowest BCUT2D eigenvalue weighted by molar-refractivity contribution is 1.11. The van der Waals surface area contributed by atoms with E-state index in [1.54, 1.807) is 6.07 Å². The maximum absolute atomic E-state index is 5.62. The summed E-state index contributed by atoms with van der Waals surface area (Å²) in [5, 5.41) is 3.21. The Morgan fingerprint density at radius 1 is 1.17 bits per heavy atom. The fourth-order valence-corrected chi connectivity index (χ4v) is 1.76. The van der Waals surface area contributed by atoms with Crippen LogP contribution >= 0.6 is 0 Å². The van der Waals surface area contributed by atoms with Crippen molar-refractivity contribution in [1.82, 2.24) is 9.97 Å². The van der Waals surface area contributed by atoms with Crippen LogP contribution in [0.4, 0.5) is 23.0 Å². The van der Waals surface area contributed by atoms with E-state index in [9.17, 15) is 0 Å². The highest BCUT2D eigenvalue weighted by Crippen LogP contribution is 2.24. The smallest absolute Gasteiger partial charge is 0.135 e. The molecule has 18 heavy (non-hydrogen) atoms. The summed E-state index contributed by atoms with van der Waals surface area (Å²) in [7, 11) is 4.05. The molecule has 0 aliphatic carbocycles. The Morgan fingerprint density at radius 2 is 1.94 bits per heavy atom. The number of hydrogen-bond donors (Lipinski definition) is 2. The second-order valence-electron chi connectivity index (χ2n) is 4.35. The highest BCUT2D eigenvalue weighted by Gasteiger charge is 2.03. The van der Waals surface area contributed by atoms with Crippen molar-refractivity contribution in [1.29, 1.82) is 0 Å². The van der Waals surface area contributed by atoms with Crippen LogP contribution in [0.3, 0.4) is 0 Å². The number of aryl methyl sites for hydroxylation is 1. The third-order valence-electron chi connectivity index (χ3n) is 2.65. The molecule has 0 fully saturated rings. The lowest BCUT2D eigenvalue weighted by atomic mass is 10.1.